The number of hydrogen-bond acceptors (Lipinski definition) is 0. The highest BCUT2D eigenvalue weighted by molar-refractivity contribution is 5.34. The minimum Gasteiger partial charge on any atom is -0.234 e. The molecule has 0 fully saturated rings. The first-order valence-corrected chi connectivity index (χ1v) is 5.01. The van der Waals surface area contributed by atoms with E-state index in [0.717, 1.165) is 0 Å². The van der Waals surface area contributed by atoms with Crippen molar-refractivity contribution in [1.29, 1.82) is 0 Å². The van der Waals surface area contributed by atoms with Crippen LogP contribution in [0.3, 0.4) is 0 Å². The van der Waals surface area contributed by atoms with Gasteiger partial charge < -0.3 is 0 Å². The lowest BCUT2D eigenvalue weighted by Gasteiger charge is -2.21. The lowest BCUT2D eigenvalue weighted by atomic mass is 9.90. The van der Waals surface area contributed by atoms with Crippen molar-refractivity contribution < 1.29 is 4.39 Å². The molecule has 0 N–H and O–H groups in total. The van der Waals surface area contributed by atoms with E-state index in [1.165, 1.54) is 0 Å². The standard InChI is InChI=1S/C14H13F/c1-14(15,12-8-4-2-5-9-12)13-10-6-3-7-11-13/h2-11H,1H3. The van der Waals surface area contributed by atoms with Crippen LogP contribution in [-0.2, 0) is 5.67 Å². The number of alkyl halides is 1. The highest BCUT2D eigenvalue weighted by Crippen LogP contribution is 2.32. The number of hydrogen-bond donors (Lipinski definition) is 0. The first-order valence-electron chi connectivity index (χ1n) is 5.01. The van der Waals surface area contributed by atoms with Crippen LogP contribution in [0.25, 0.3) is 0 Å². The van der Waals surface area contributed by atoms with Crippen LogP contribution in [-0.4, -0.2) is 0 Å². The Morgan fingerprint density at radius 2 is 1.07 bits per heavy atom. The monoisotopic (exact) mass is 200 g/mol. The molecule has 0 atom stereocenters. The molecule has 0 aromatic heterocycles. The summed E-state index contributed by atoms with van der Waals surface area (Å²) in [6.07, 6.45) is 0. The van der Waals surface area contributed by atoms with E-state index in [2.05, 4.69) is 0 Å². The predicted octanol–water partition coefficient (Wildman–Crippen LogP) is 3.92. The highest BCUT2D eigenvalue weighted by atomic mass is 19.1. The summed E-state index contributed by atoms with van der Waals surface area (Å²) < 4.78 is 14.6. The zero-order chi connectivity index (χ0) is 10.7. The molecule has 0 saturated heterocycles. The van der Waals surface area contributed by atoms with E-state index in [9.17, 15) is 4.39 Å². The molecule has 15 heavy (non-hydrogen) atoms. The zero-order valence-corrected chi connectivity index (χ0v) is 8.65. The van der Waals surface area contributed by atoms with Crippen LogP contribution in [0.4, 0.5) is 4.39 Å². The van der Waals surface area contributed by atoms with E-state index in [4.69, 9.17) is 0 Å². The lowest BCUT2D eigenvalue weighted by Crippen LogP contribution is -2.16. The Hall–Kier alpha value is -1.63. The van der Waals surface area contributed by atoms with Gasteiger partial charge in [-0.05, 0) is 18.1 Å². The molecule has 0 bridgehead atoms. The molecule has 0 spiro atoms. The van der Waals surface area contributed by atoms with Gasteiger partial charge in [-0.15, -0.1) is 0 Å². The molecule has 0 saturated carbocycles. The van der Waals surface area contributed by atoms with Crippen molar-refractivity contribution in [2.24, 2.45) is 0 Å². The zero-order valence-electron chi connectivity index (χ0n) is 8.65. The highest BCUT2D eigenvalue weighted by Gasteiger charge is 2.27. The summed E-state index contributed by atoms with van der Waals surface area (Å²) in [6, 6.07) is 18.5. The molecule has 2 aromatic rings. The summed E-state index contributed by atoms with van der Waals surface area (Å²) in [5, 5.41) is 0. The Morgan fingerprint density at radius 1 is 0.733 bits per heavy atom. The van der Waals surface area contributed by atoms with Crippen LogP contribution < -0.4 is 0 Å². The average molecular weight is 200 g/mol. The van der Waals surface area contributed by atoms with Crippen molar-refractivity contribution in [2.75, 3.05) is 0 Å². The maximum atomic E-state index is 14.6. The Morgan fingerprint density at radius 3 is 1.40 bits per heavy atom. The molecule has 2 aromatic carbocycles. The van der Waals surface area contributed by atoms with Crippen LogP contribution >= 0.6 is 0 Å². The Bertz CT molecular complexity index is 376. The van der Waals surface area contributed by atoms with Crippen LogP contribution in [0, 0.1) is 0 Å². The fraction of sp³-hybridized carbons (Fsp3) is 0.143. The number of benzene rings is 2. The van der Waals surface area contributed by atoms with E-state index < -0.39 is 5.67 Å². The second kappa shape index (κ2) is 3.85. The Kier molecular flexibility index (Phi) is 2.55. The van der Waals surface area contributed by atoms with Gasteiger partial charge in [0.1, 0.15) is 0 Å². The smallest absolute Gasteiger partial charge is 0.158 e. The molecular weight excluding hydrogens is 187 g/mol. The molecule has 0 unspecified atom stereocenters. The molecule has 0 aliphatic carbocycles. The SMILES string of the molecule is CC(F)(c1ccccc1)c1ccccc1. The van der Waals surface area contributed by atoms with Crippen LogP contribution in [0.15, 0.2) is 60.7 Å². The van der Waals surface area contributed by atoms with Gasteiger partial charge in [0.2, 0.25) is 0 Å². The van der Waals surface area contributed by atoms with E-state index in [1.54, 1.807) is 6.92 Å². The fourth-order valence-electron chi connectivity index (χ4n) is 1.67. The molecular formula is C14H13F. The molecule has 0 aliphatic heterocycles. The third-order valence-electron chi connectivity index (χ3n) is 2.63. The first kappa shape index (κ1) is 9.91. The van der Waals surface area contributed by atoms with Crippen LogP contribution in [0.2, 0.25) is 0 Å². The van der Waals surface area contributed by atoms with Gasteiger partial charge in [-0.3, -0.25) is 0 Å². The van der Waals surface area contributed by atoms with Gasteiger partial charge in [-0.25, -0.2) is 4.39 Å². The number of halogens is 1. The maximum absolute atomic E-state index is 14.6. The van der Waals surface area contributed by atoms with E-state index in [-0.39, 0.29) is 0 Å². The van der Waals surface area contributed by atoms with Gasteiger partial charge in [0.05, 0.1) is 0 Å². The Balaban J connectivity index is 2.44. The van der Waals surface area contributed by atoms with Gasteiger partial charge in [0.25, 0.3) is 0 Å². The molecule has 76 valence electrons. The lowest BCUT2D eigenvalue weighted by molar-refractivity contribution is 0.251. The summed E-state index contributed by atoms with van der Waals surface area (Å²) in [6.45, 7) is 1.59. The quantitative estimate of drug-likeness (QED) is 0.689. The summed E-state index contributed by atoms with van der Waals surface area (Å²) in [7, 11) is 0. The van der Waals surface area contributed by atoms with Crippen LogP contribution in [0.1, 0.15) is 18.1 Å². The minimum atomic E-state index is -1.41. The molecule has 1 heteroatoms. The van der Waals surface area contributed by atoms with E-state index >= 15 is 0 Å². The first-order chi connectivity index (χ1) is 7.21. The van der Waals surface area contributed by atoms with E-state index in [1.807, 2.05) is 60.7 Å². The minimum absolute atomic E-state index is 0.691. The molecule has 0 heterocycles. The average Bonchev–Trinajstić information content (AvgIpc) is 2.31. The molecule has 2 rings (SSSR count). The van der Waals surface area contributed by atoms with Gasteiger partial charge in [0.15, 0.2) is 5.67 Å². The normalized spacial score (nSPS) is 11.3. The molecule has 0 amide bonds. The second-order valence-corrected chi connectivity index (χ2v) is 3.74. The summed E-state index contributed by atoms with van der Waals surface area (Å²) in [4.78, 5) is 0. The summed E-state index contributed by atoms with van der Waals surface area (Å²) in [5.74, 6) is 0. The van der Waals surface area contributed by atoms with Gasteiger partial charge >= 0.3 is 0 Å². The molecule has 0 radical (unpaired) electrons. The largest absolute Gasteiger partial charge is 0.234 e. The third-order valence-corrected chi connectivity index (χ3v) is 2.63. The second-order valence-electron chi connectivity index (χ2n) is 3.74. The van der Waals surface area contributed by atoms with Crippen molar-refractivity contribution in [3.05, 3.63) is 71.8 Å². The van der Waals surface area contributed by atoms with Gasteiger partial charge in [-0.1, -0.05) is 60.7 Å². The summed E-state index contributed by atoms with van der Waals surface area (Å²) >= 11 is 0. The fourth-order valence-corrected chi connectivity index (χ4v) is 1.67. The van der Waals surface area contributed by atoms with Gasteiger partial charge in [0, 0.05) is 0 Å². The maximum Gasteiger partial charge on any atom is 0.158 e. The predicted molar refractivity (Wildman–Crippen MR) is 60.4 cm³/mol. The van der Waals surface area contributed by atoms with Crippen molar-refractivity contribution in [3.8, 4) is 0 Å². The van der Waals surface area contributed by atoms with Crippen LogP contribution in [0.5, 0.6) is 0 Å². The van der Waals surface area contributed by atoms with E-state index in [0.29, 0.717) is 11.1 Å². The molecule has 0 aliphatic rings. The van der Waals surface area contributed by atoms with Gasteiger partial charge in [-0.2, -0.15) is 0 Å². The third kappa shape index (κ3) is 1.91. The van der Waals surface area contributed by atoms with Crippen molar-refractivity contribution in [1.82, 2.24) is 0 Å². The van der Waals surface area contributed by atoms with Crippen molar-refractivity contribution in [3.63, 3.8) is 0 Å². The number of rotatable bonds is 2. The topological polar surface area (TPSA) is 0 Å². The summed E-state index contributed by atoms with van der Waals surface area (Å²) in [5.41, 5.74) is -0.0323. The Labute approximate surface area is 89.4 Å². The van der Waals surface area contributed by atoms with Crippen molar-refractivity contribution >= 4 is 0 Å². The molecule has 0 nitrogen and oxygen atoms in total. The van der Waals surface area contributed by atoms with Crippen molar-refractivity contribution in [2.45, 2.75) is 12.6 Å².